The Morgan fingerprint density at radius 1 is 0.938 bits per heavy atom. The largest absolute Gasteiger partial charge is 0.307 e. The highest BCUT2D eigenvalue weighted by Crippen LogP contribution is 2.20. The molecule has 4 heteroatoms. The van der Waals surface area contributed by atoms with Crippen molar-refractivity contribution >= 4 is 5.65 Å². The van der Waals surface area contributed by atoms with Crippen LogP contribution < -0.4 is 0 Å². The molecule has 3 nitrogen and oxygen atoms in total. The van der Waals surface area contributed by atoms with Crippen LogP contribution in [0.1, 0.15) is 0 Å². The monoisotopic (exact) mass is 213 g/mol. The Kier molecular flexibility index (Phi) is 1.93. The van der Waals surface area contributed by atoms with Gasteiger partial charge in [-0.15, -0.1) is 0 Å². The van der Waals surface area contributed by atoms with Crippen molar-refractivity contribution in [2.24, 2.45) is 0 Å². The Bertz CT molecular complexity index is 645. The molecule has 0 aliphatic rings. The van der Waals surface area contributed by atoms with Gasteiger partial charge in [0.1, 0.15) is 5.65 Å². The SMILES string of the molecule is Fc1cc(-c2ccn3ccnc3c2)ccn1. The van der Waals surface area contributed by atoms with Gasteiger partial charge in [-0.1, -0.05) is 0 Å². The number of imidazole rings is 1. The molecule has 0 spiro atoms. The third-order valence-corrected chi connectivity index (χ3v) is 2.46. The first-order valence-corrected chi connectivity index (χ1v) is 4.87. The second kappa shape index (κ2) is 3.41. The summed E-state index contributed by atoms with van der Waals surface area (Å²) >= 11 is 0. The van der Waals surface area contributed by atoms with Gasteiger partial charge in [-0.25, -0.2) is 9.97 Å². The highest BCUT2D eigenvalue weighted by atomic mass is 19.1. The molecule has 0 aromatic carbocycles. The number of fused-ring (bicyclic) bond motifs is 1. The van der Waals surface area contributed by atoms with Crippen molar-refractivity contribution in [2.45, 2.75) is 0 Å². The van der Waals surface area contributed by atoms with E-state index in [1.807, 2.05) is 28.9 Å². The van der Waals surface area contributed by atoms with Crippen molar-refractivity contribution in [3.05, 3.63) is 55.0 Å². The molecular formula is C12H8FN3. The molecule has 0 N–H and O–H groups in total. The number of pyridine rings is 2. The molecule has 0 aliphatic carbocycles. The maximum atomic E-state index is 13.0. The van der Waals surface area contributed by atoms with E-state index in [0.717, 1.165) is 16.8 Å². The van der Waals surface area contributed by atoms with Crippen LogP contribution in [0.5, 0.6) is 0 Å². The van der Waals surface area contributed by atoms with Crippen molar-refractivity contribution in [1.29, 1.82) is 0 Å². The van der Waals surface area contributed by atoms with E-state index in [1.165, 1.54) is 12.3 Å². The number of hydrogen-bond donors (Lipinski definition) is 0. The van der Waals surface area contributed by atoms with Crippen molar-refractivity contribution in [2.75, 3.05) is 0 Å². The standard InChI is InChI=1S/C12H8FN3/c13-11-7-9(1-3-14-11)10-2-5-16-6-4-15-12(16)8-10/h1-8H. The average Bonchev–Trinajstić information content (AvgIpc) is 2.75. The Hall–Kier alpha value is -2.23. The van der Waals surface area contributed by atoms with Crippen molar-refractivity contribution in [1.82, 2.24) is 14.4 Å². The number of rotatable bonds is 1. The third-order valence-electron chi connectivity index (χ3n) is 2.46. The fraction of sp³-hybridized carbons (Fsp3) is 0. The normalized spacial score (nSPS) is 10.8. The first-order chi connectivity index (χ1) is 7.83. The summed E-state index contributed by atoms with van der Waals surface area (Å²) in [6.07, 6.45) is 6.95. The number of hydrogen-bond acceptors (Lipinski definition) is 2. The van der Waals surface area contributed by atoms with Crippen LogP contribution in [0, 0.1) is 5.95 Å². The lowest BCUT2D eigenvalue weighted by atomic mass is 10.1. The minimum atomic E-state index is -0.472. The minimum Gasteiger partial charge on any atom is -0.307 e. The van der Waals surface area contributed by atoms with Gasteiger partial charge in [0.15, 0.2) is 0 Å². The molecule has 3 heterocycles. The second-order valence-corrected chi connectivity index (χ2v) is 3.48. The molecule has 0 saturated carbocycles. The van der Waals surface area contributed by atoms with E-state index in [4.69, 9.17) is 0 Å². The van der Waals surface area contributed by atoms with Crippen LogP contribution in [0.4, 0.5) is 4.39 Å². The Morgan fingerprint density at radius 2 is 1.81 bits per heavy atom. The lowest BCUT2D eigenvalue weighted by Gasteiger charge is -2.01. The molecule has 78 valence electrons. The summed E-state index contributed by atoms with van der Waals surface area (Å²) in [7, 11) is 0. The zero-order valence-corrected chi connectivity index (χ0v) is 8.34. The molecule has 3 aromatic rings. The summed E-state index contributed by atoms with van der Waals surface area (Å²) in [5.41, 5.74) is 2.58. The summed E-state index contributed by atoms with van der Waals surface area (Å²) in [5, 5.41) is 0. The predicted molar refractivity (Wildman–Crippen MR) is 58.4 cm³/mol. The van der Waals surface area contributed by atoms with Crippen LogP contribution in [-0.4, -0.2) is 14.4 Å². The number of halogens is 1. The van der Waals surface area contributed by atoms with Gasteiger partial charge in [0.2, 0.25) is 5.95 Å². The zero-order chi connectivity index (χ0) is 11.0. The van der Waals surface area contributed by atoms with E-state index in [1.54, 1.807) is 12.3 Å². The first-order valence-electron chi connectivity index (χ1n) is 4.87. The molecule has 0 unspecified atom stereocenters. The highest BCUT2D eigenvalue weighted by molar-refractivity contribution is 5.66. The molecule has 0 atom stereocenters. The molecule has 0 radical (unpaired) electrons. The van der Waals surface area contributed by atoms with E-state index >= 15 is 0 Å². The molecule has 3 rings (SSSR count). The molecule has 0 saturated heterocycles. The maximum Gasteiger partial charge on any atom is 0.213 e. The van der Waals surface area contributed by atoms with Gasteiger partial charge in [0.05, 0.1) is 0 Å². The smallest absolute Gasteiger partial charge is 0.213 e. The molecule has 0 aliphatic heterocycles. The minimum absolute atomic E-state index is 0.472. The summed E-state index contributed by atoms with van der Waals surface area (Å²) in [5.74, 6) is -0.472. The van der Waals surface area contributed by atoms with Gasteiger partial charge < -0.3 is 4.40 Å². The zero-order valence-electron chi connectivity index (χ0n) is 8.34. The molecule has 0 bridgehead atoms. The molecule has 3 aromatic heterocycles. The van der Waals surface area contributed by atoms with Crippen molar-refractivity contribution in [3.63, 3.8) is 0 Å². The first kappa shape index (κ1) is 9.03. The highest BCUT2D eigenvalue weighted by Gasteiger charge is 2.01. The van der Waals surface area contributed by atoms with Crippen LogP contribution >= 0.6 is 0 Å². The van der Waals surface area contributed by atoms with Gasteiger partial charge in [0, 0.05) is 30.9 Å². The van der Waals surface area contributed by atoms with E-state index in [2.05, 4.69) is 9.97 Å². The quantitative estimate of drug-likeness (QED) is 0.581. The van der Waals surface area contributed by atoms with E-state index in [0.29, 0.717) is 0 Å². The van der Waals surface area contributed by atoms with Crippen LogP contribution in [0.15, 0.2) is 49.1 Å². The topological polar surface area (TPSA) is 30.2 Å². The summed E-state index contributed by atoms with van der Waals surface area (Å²) in [6, 6.07) is 7.02. The summed E-state index contributed by atoms with van der Waals surface area (Å²) in [4.78, 5) is 7.71. The summed E-state index contributed by atoms with van der Waals surface area (Å²) in [6.45, 7) is 0. The fourth-order valence-electron chi connectivity index (χ4n) is 1.67. The van der Waals surface area contributed by atoms with E-state index in [-0.39, 0.29) is 0 Å². The predicted octanol–water partition coefficient (Wildman–Crippen LogP) is 2.54. The number of nitrogens with zero attached hydrogens (tertiary/aromatic N) is 3. The summed E-state index contributed by atoms with van der Waals surface area (Å²) < 4.78 is 14.9. The van der Waals surface area contributed by atoms with Gasteiger partial charge >= 0.3 is 0 Å². The van der Waals surface area contributed by atoms with Crippen LogP contribution in [0.2, 0.25) is 0 Å². The Balaban J connectivity index is 2.18. The van der Waals surface area contributed by atoms with Gasteiger partial charge in [0.25, 0.3) is 0 Å². The van der Waals surface area contributed by atoms with Gasteiger partial charge in [-0.2, -0.15) is 4.39 Å². The van der Waals surface area contributed by atoms with Crippen molar-refractivity contribution in [3.8, 4) is 11.1 Å². The molecule has 16 heavy (non-hydrogen) atoms. The number of aromatic nitrogens is 3. The van der Waals surface area contributed by atoms with E-state index in [9.17, 15) is 4.39 Å². The molecular weight excluding hydrogens is 205 g/mol. The fourth-order valence-corrected chi connectivity index (χ4v) is 1.67. The van der Waals surface area contributed by atoms with Crippen LogP contribution in [0.25, 0.3) is 16.8 Å². The van der Waals surface area contributed by atoms with Gasteiger partial charge in [-0.05, 0) is 29.3 Å². The average molecular weight is 213 g/mol. The molecule has 0 amide bonds. The van der Waals surface area contributed by atoms with Gasteiger partial charge in [-0.3, -0.25) is 0 Å². The van der Waals surface area contributed by atoms with E-state index < -0.39 is 5.95 Å². The van der Waals surface area contributed by atoms with Crippen LogP contribution in [-0.2, 0) is 0 Å². The third kappa shape index (κ3) is 1.44. The Morgan fingerprint density at radius 3 is 2.69 bits per heavy atom. The lowest BCUT2D eigenvalue weighted by Crippen LogP contribution is -1.87. The Labute approximate surface area is 91.2 Å². The maximum absolute atomic E-state index is 13.0. The van der Waals surface area contributed by atoms with Crippen molar-refractivity contribution < 1.29 is 4.39 Å². The second-order valence-electron chi connectivity index (χ2n) is 3.48. The molecule has 0 fully saturated rings. The van der Waals surface area contributed by atoms with Crippen LogP contribution in [0.3, 0.4) is 0 Å². The lowest BCUT2D eigenvalue weighted by molar-refractivity contribution is 0.584.